The number of alkyl halides is 4. The second kappa shape index (κ2) is 5.78. The molecule has 1 rings (SSSR count). The molecule has 1 aromatic heterocycles. The molecule has 0 atom stereocenters. The second-order valence-electron chi connectivity index (χ2n) is 4.14. The largest absolute Gasteiger partial charge is 0.419 e. The van der Waals surface area contributed by atoms with Gasteiger partial charge in [-0.1, -0.05) is 13.8 Å². The van der Waals surface area contributed by atoms with E-state index >= 15 is 0 Å². The standard InChI is InChI=1S/C12H16ClF3N2/c1-3-11(4-2,8-13)18-10-9(12(14,15)16)6-5-7-17-10/h5-7H,3-4,8H2,1-2H3,(H,17,18). The lowest BCUT2D eigenvalue weighted by Gasteiger charge is -2.32. The number of nitrogens with one attached hydrogen (secondary N) is 1. The molecule has 2 nitrogen and oxygen atoms in total. The molecular formula is C12H16ClF3N2. The van der Waals surface area contributed by atoms with Crippen LogP contribution in [0.4, 0.5) is 19.0 Å². The first kappa shape index (κ1) is 15.1. The van der Waals surface area contributed by atoms with Crippen molar-refractivity contribution < 1.29 is 13.2 Å². The van der Waals surface area contributed by atoms with Crippen molar-refractivity contribution >= 4 is 17.4 Å². The van der Waals surface area contributed by atoms with Crippen LogP contribution in [0.25, 0.3) is 0 Å². The number of anilines is 1. The molecule has 1 N–H and O–H groups in total. The summed E-state index contributed by atoms with van der Waals surface area (Å²) in [5.74, 6) is 0.0720. The molecule has 0 unspecified atom stereocenters. The fourth-order valence-electron chi connectivity index (χ4n) is 1.63. The van der Waals surface area contributed by atoms with Crippen molar-refractivity contribution in [2.75, 3.05) is 11.2 Å². The van der Waals surface area contributed by atoms with Crippen molar-refractivity contribution in [2.45, 2.75) is 38.4 Å². The van der Waals surface area contributed by atoms with E-state index in [-0.39, 0.29) is 11.7 Å². The lowest BCUT2D eigenvalue weighted by Crippen LogP contribution is -2.40. The van der Waals surface area contributed by atoms with Crippen LogP contribution in [0.5, 0.6) is 0 Å². The first-order valence-corrected chi connectivity index (χ1v) is 6.28. The molecule has 1 heterocycles. The molecule has 0 bridgehead atoms. The van der Waals surface area contributed by atoms with Crippen LogP contribution in [0.2, 0.25) is 0 Å². The Morgan fingerprint density at radius 2 is 1.89 bits per heavy atom. The highest BCUT2D eigenvalue weighted by Gasteiger charge is 2.36. The van der Waals surface area contributed by atoms with Gasteiger partial charge in [0.05, 0.1) is 11.1 Å². The van der Waals surface area contributed by atoms with Crippen LogP contribution in [0.3, 0.4) is 0 Å². The number of rotatable bonds is 5. The average Bonchev–Trinajstić information content (AvgIpc) is 2.35. The van der Waals surface area contributed by atoms with E-state index in [9.17, 15) is 13.2 Å². The van der Waals surface area contributed by atoms with Crippen LogP contribution in [-0.2, 0) is 6.18 Å². The minimum absolute atomic E-state index is 0.158. The summed E-state index contributed by atoms with van der Waals surface area (Å²) < 4.78 is 38.5. The molecule has 0 spiro atoms. The van der Waals surface area contributed by atoms with E-state index in [0.717, 1.165) is 6.07 Å². The maximum atomic E-state index is 12.8. The predicted octanol–water partition coefficient (Wildman–Crippen LogP) is 4.31. The van der Waals surface area contributed by atoms with Crippen molar-refractivity contribution in [3.63, 3.8) is 0 Å². The number of hydrogen-bond donors (Lipinski definition) is 1. The number of halogens is 4. The lowest BCUT2D eigenvalue weighted by atomic mass is 9.95. The number of aromatic nitrogens is 1. The monoisotopic (exact) mass is 280 g/mol. The zero-order valence-corrected chi connectivity index (χ0v) is 11.1. The summed E-state index contributed by atoms with van der Waals surface area (Å²) in [6, 6.07) is 2.29. The van der Waals surface area contributed by atoms with Gasteiger partial charge in [-0.3, -0.25) is 0 Å². The van der Waals surface area contributed by atoms with E-state index in [4.69, 9.17) is 11.6 Å². The number of pyridine rings is 1. The maximum absolute atomic E-state index is 12.8. The molecule has 0 saturated heterocycles. The van der Waals surface area contributed by atoms with Gasteiger partial charge >= 0.3 is 6.18 Å². The first-order valence-electron chi connectivity index (χ1n) is 5.75. The molecule has 0 radical (unpaired) electrons. The molecule has 0 aliphatic carbocycles. The van der Waals surface area contributed by atoms with E-state index in [1.807, 2.05) is 13.8 Å². The fraction of sp³-hybridized carbons (Fsp3) is 0.583. The average molecular weight is 281 g/mol. The Hall–Kier alpha value is -0.970. The third kappa shape index (κ3) is 3.28. The highest BCUT2D eigenvalue weighted by atomic mass is 35.5. The molecule has 0 aromatic carbocycles. The van der Waals surface area contributed by atoms with Crippen molar-refractivity contribution in [3.05, 3.63) is 23.9 Å². The Morgan fingerprint density at radius 1 is 1.28 bits per heavy atom. The van der Waals surface area contributed by atoms with Gasteiger partial charge in [0.25, 0.3) is 0 Å². The Bertz CT molecular complexity index is 381. The SMILES string of the molecule is CCC(CC)(CCl)Nc1ncccc1C(F)(F)F. The fourth-order valence-corrected chi connectivity index (χ4v) is 2.08. The summed E-state index contributed by atoms with van der Waals surface area (Å²) in [4.78, 5) is 3.78. The van der Waals surface area contributed by atoms with Crippen molar-refractivity contribution in [2.24, 2.45) is 0 Å². The first-order chi connectivity index (χ1) is 8.38. The normalized spacial score (nSPS) is 12.6. The van der Waals surface area contributed by atoms with Gasteiger partial charge in [-0.05, 0) is 25.0 Å². The van der Waals surface area contributed by atoms with Crippen LogP contribution in [-0.4, -0.2) is 16.4 Å². The maximum Gasteiger partial charge on any atom is 0.419 e. The van der Waals surface area contributed by atoms with Crippen LogP contribution < -0.4 is 5.32 Å². The van der Waals surface area contributed by atoms with Gasteiger partial charge in [0, 0.05) is 12.1 Å². The Morgan fingerprint density at radius 3 is 2.33 bits per heavy atom. The minimum Gasteiger partial charge on any atom is -0.363 e. The van der Waals surface area contributed by atoms with E-state index in [0.29, 0.717) is 12.8 Å². The van der Waals surface area contributed by atoms with Crippen LogP contribution in [0, 0.1) is 0 Å². The Balaban J connectivity index is 3.11. The number of hydrogen-bond acceptors (Lipinski definition) is 2. The molecule has 6 heteroatoms. The molecule has 18 heavy (non-hydrogen) atoms. The van der Waals surface area contributed by atoms with Gasteiger partial charge in [0.15, 0.2) is 0 Å². The van der Waals surface area contributed by atoms with Gasteiger partial charge in [-0.15, -0.1) is 11.6 Å². The Kier molecular flexibility index (Phi) is 4.85. The van der Waals surface area contributed by atoms with Gasteiger partial charge in [0.1, 0.15) is 5.82 Å². The third-order valence-corrected chi connectivity index (χ3v) is 3.62. The Labute approximate surface area is 110 Å². The lowest BCUT2D eigenvalue weighted by molar-refractivity contribution is -0.137. The molecule has 0 aliphatic heterocycles. The molecule has 1 aromatic rings. The molecule has 0 fully saturated rings. The quantitative estimate of drug-likeness (QED) is 0.813. The van der Waals surface area contributed by atoms with Gasteiger partial charge < -0.3 is 5.32 Å². The van der Waals surface area contributed by atoms with Gasteiger partial charge in [-0.25, -0.2) is 4.98 Å². The molecule has 102 valence electrons. The van der Waals surface area contributed by atoms with Crippen LogP contribution >= 0.6 is 11.6 Å². The zero-order chi connectivity index (χ0) is 13.8. The number of nitrogens with zero attached hydrogens (tertiary/aromatic N) is 1. The molecular weight excluding hydrogens is 265 g/mol. The van der Waals surface area contributed by atoms with E-state index < -0.39 is 17.3 Å². The zero-order valence-electron chi connectivity index (χ0n) is 10.3. The van der Waals surface area contributed by atoms with Crippen molar-refractivity contribution in [3.8, 4) is 0 Å². The topological polar surface area (TPSA) is 24.9 Å². The molecule has 0 amide bonds. The van der Waals surface area contributed by atoms with Crippen molar-refractivity contribution in [1.29, 1.82) is 0 Å². The highest BCUT2D eigenvalue weighted by Crippen LogP contribution is 2.35. The predicted molar refractivity (Wildman–Crippen MR) is 66.9 cm³/mol. The van der Waals surface area contributed by atoms with Crippen LogP contribution in [0.15, 0.2) is 18.3 Å². The summed E-state index contributed by atoms with van der Waals surface area (Å²) in [6.45, 7) is 3.77. The summed E-state index contributed by atoms with van der Waals surface area (Å²) in [7, 11) is 0. The summed E-state index contributed by atoms with van der Waals surface area (Å²) in [5, 5.41) is 2.85. The second-order valence-corrected chi connectivity index (χ2v) is 4.41. The summed E-state index contributed by atoms with van der Waals surface area (Å²) >= 11 is 5.87. The van der Waals surface area contributed by atoms with E-state index in [2.05, 4.69) is 10.3 Å². The highest BCUT2D eigenvalue weighted by molar-refractivity contribution is 6.18. The third-order valence-electron chi connectivity index (χ3n) is 3.11. The van der Waals surface area contributed by atoms with Gasteiger partial charge in [-0.2, -0.15) is 13.2 Å². The molecule has 0 saturated carbocycles. The van der Waals surface area contributed by atoms with E-state index in [1.165, 1.54) is 12.3 Å². The van der Waals surface area contributed by atoms with Gasteiger partial charge in [0.2, 0.25) is 0 Å². The summed E-state index contributed by atoms with van der Waals surface area (Å²) in [5.41, 5.74) is -1.32. The molecule has 0 aliphatic rings. The summed E-state index contributed by atoms with van der Waals surface area (Å²) in [6.07, 6.45) is -1.83. The van der Waals surface area contributed by atoms with Crippen LogP contribution in [0.1, 0.15) is 32.3 Å². The van der Waals surface area contributed by atoms with E-state index in [1.54, 1.807) is 0 Å². The smallest absolute Gasteiger partial charge is 0.363 e. The minimum atomic E-state index is -4.42. The van der Waals surface area contributed by atoms with Crippen molar-refractivity contribution in [1.82, 2.24) is 4.98 Å².